The highest BCUT2D eigenvalue weighted by atomic mass is 19.1. The van der Waals surface area contributed by atoms with Gasteiger partial charge in [-0.25, -0.2) is 9.37 Å². The van der Waals surface area contributed by atoms with E-state index < -0.39 is 0 Å². The van der Waals surface area contributed by atoms with E-state index in [-0.39, 0.29) is 11.2 Å². The van der Waals surface area contributed by atoms with Gasteiger partial charge >= 0.3 is 0 Å². The molecule has 0 atom stereocenters. The van der Waals surface area contributed by atoms with Crippen LogP contribution in [0.4, 0.5) is 4.39 Å². The van der Waals surface area contributed by atoms with Crippen LogP contribution in [0.1, 0.15) is 31.9 Å². The molecule has 1 heterocycles. The van der Waals surface area contributed by atoms with Crippen LogP contribution >= 0.6 is 0 Å². The number of hydrogen-bond donors (Lipinski definition) is 0. The lowest BCUT2D eigenvalue weighted by molar-refractivity contribution is 0.306. The zero-order valence-corrected chi connectivity index (χ0v) is 12.2. The fraction of sp³-hybridized carbons (Fsp3) is 0.353. The Labute approximate surface area is 119 Å². The summed E-state index contributed by atoms with van der Waals surface area (Å²) in [5.74, 6) is 0.404. The Morgan fingerprint density at radius 1 is 1.15 bits per heavy atom. The van der Waals surface area contributed by atoms with Gasteiger partial charge in [0, 0.05) is 18.7 Å². The SMILES string of the molecule is CC(C)(C)c1ccnc(OCCc2ccccc2F)c1. The Morgan fingerprint density at radius 2 is 1.90 bits per heavy atom. The second kappa shape index (κ2) is 6.04. The van der Waals surface area contributed by atoms with Gasteiger partial charge in [-0.05, 0) is 28.7 Å². The topological polar surface area (TPSA) is 22.1 Å². The zero-order valence-electron chi connectivity index (χ0n) is 12.2. The molecule has 0 N–H and O–H groups in total. The predicted octanol–water partition coefficient (Wildman–Crippen LogP) is 4.14. The van der Waals surface area contributed by atoms with E-state index in [0.29, 0.717) is 24.5 Å². The van der Waals surface area contributed by atoms with Crippen molar-refractivity contribution in [3.05, 3.63) is 59.5 Å². The normalized spacial score (nSPS) is 11.4. The first-order valence-electron chi connectivity index (χ1n) is 6.79. The first-order valence-corrected chi connectivity index (χ1v) is 6.79. The Kier molecular flexibility index (Phi) is 4.38. The number of rotatable bonds is 4. The molecule has 0 unspecified atom stereocenters. The van der Waals surface area contributed by atoms with Gasteiger partial charge in [-0.15, -0.1) is 0 Å². The third-order valence-electron chi connectivity index (χ3n) is 3.18. The van der Waals surface area contributed by atoms with Gasteiger partial charge in [-0.2, -0.15) is 0 Å². The molecule has 0 aliphatic rings. The van der Waals surface area contributed by atoms with Crippen molar-refractivity contribution in [1.29, 1.82) is 0 Å². The molecule has 3 heteroatoms. The van der Waals surface area contributed by atoms with Gasteiger partial charge in [-0.3, -0.25) is 0 Å². The summed E-state index contributed by atoms with van der Waals surface area (Å²) in [5.41, 5.74) is 1.90. The van der Waals surface area contributed by atoms with Crippen molar-refractivity contribution in [2.24, 2.45) is 0 Å². The average Bonchev–Trinajstić information content (AvgIpc) is 2.40. The van der Waals surface area contributed by atoms with E-state index in [9.17, 15) is 4.39 Å². The molecular formula is C17H20FNO. The molecule has 0 saturated carbocycles. The van der Waals surface area contributed by atoms with Crippen LogP contribution in [0.3, 0.4) is 0 Å². The maximum atomic E-state index is 13.5. The Morgan fingerprint density at radius 3 is 2.60 bits per heavy atom. The van der Waals surface area contributed by atoms with Gasteiger partial charge in [-0.1, -0.05) is 39.0 Å². The Bertz CT molecular complexity index is 575. The van der Waals surface area contributed by atoms with Crippen LogP contribution in [0.2, 0.25) is 0 Å². The fourth-order valence-electron chi connectivity index (χ4n) is 1.92. The molecule has 0 aliphatic carbocycles. The largest absolute Gasteiger partial charge is 0.477 e. The first kappa shape index (κ1) is 14.5. The summed E-state index contributed by atoms with van der Waals surface area (Å²) in [7, 11) is 0. The van der Waals surface area contributed by atoms with E-state index >= 15 is 0 Å². The summed E-state index contributed by atoms with van der Waals surface area (Å²) in [6, 6.07) is 10.7. The highest BCUT2D eigenvalue weighted by Crippen LogP contribution is 2.24. The third kappa shape index (κ3) is 3.80. The predicted molar refractivity (Wildman–Crippen MR) is 78.5 cm³/mol. The van der Waals surface area contributed by atoms with Crippen molar-refractivity contribution in [3.63, 3.8) is 0 Å². The van der Waals surface area contributed by atoms with Crippen molar-refractivity contribution in [1.82, 2.24) is 4.98 Å². The summed E-state index contributed by atoms with van der Waals surface area (Å²) >= 11 is 0. The van der Waals surface area contributed by atoms with Crippen LogP contribution in [0.5, 0.6) is 5.88 Å². The number of halogens is 1. The Balaban J connectivity index is 1.97. The molecule has 20 heavy (non-hydrogen) atoms. The Hall–Kier alpha value is -1.90. The van der Waals surface area contributed by atoms with Crippen LogP contribution in [0.25, 0.3) is 0 Å². The summed E-state index contributed by atoms with van der Waals surface area (Å²) in [4.78, 5) is 4.19. The van der Waals surface area contributed by atoms with Gasteiger partial charge in [0.1, 0.15) is 5.82 Å². The van der Waals surface area contributed by atoms with E-state index in [4.69, 9.17) is 4.74 Å². The molecular weight excluding hydrogens is 253 g/mol. The van der Waals surface area contributed by atoms with E-state index in [1.54, 1.807) is 18.3 Å². The maximum absolute atomic E-state index is 13.5. The lowest BCUT2D eigenvalue weighted by atomic mass is 9.88. The zero-order chi connectivity index (χ0) is 14.6. The highest BCUT2D eigenvalue weighted by Gasteiger charge is 2.14. The lowest BCUT2D eigenvalue weighted by Gasteiger charge is -2.19. The number of benzene rings is 1. The standard InChI is InChI=1S/C17H20FNO/c1-17(2,3)14-8-10-19-16(12-14)20-11-9-13-6-4-5-7-15(13)18/h4-8,10,12H,9,11H2,1-3H3. The van der Waals surface area contributed by atoms with Crippen molar-refractivity contribution in [2.75, 3.05) is 6.61 Å². The molecule has 1 aromatic carbocycles. The van der Waals surface area contributed by atoms with Crippen molar-refractivity contribution in [3.8, 4) is 5.88 Å². The van der Waals surface area contributed by atoms with Gasteiger partial charge in [0.05, 0.1) is 6.61 Å². The van der Waals surface area contributed by atoms with Crippen LogP contribution in [-0.2, 0) is 11.8 Å². The van der Waals surface area contributed by atoms with Crippen LogP contribution in [0, 0.1) is 5.82 Å². The van der Waals surface area contributed by atoms with Gasteiger partial charge in [0.2, 0.25) is 5.88 Å². The fourth-order valence-corrected chi connectivity index (χ4v) is 1.92. The summed E-state index contributed by atoms with van der Waals surface area (Å²) < 4.78 is 19.1. The molecule has 1 aromatic heterocycles. The van der Waals surface area contributed by atoms with Gasteiger partial charge < -0.3 is 4.74 Å². The van der Waals surface area contributed by atoms with Crippen molar-refractivity contribution in [2.45, 2.75) is 32.6 Å². The van der Waals surface area contributed by atoms with Crippen molar-refractivity contribution < 1.29 is 9.13 Å². The number of hydrogen-bond acceptors (Lipinski definition) is 2. The molecule has 2 rings (SSSR count). The molecule has 106 valence electrons. The third-order valence-corrected chi connectivity index (χ3v) is 3.18. The number of ether oxygens (including phenoxy) is 1. The first-order chi connectivity index (χ1) is 9.47. The smallest absolute Gasteiger partial charge is 0.213 e. The molecule has 0 fully saturated rings. The monoisotopic (exact) mass is 273 g/mol. The second-order valence-electron chi connectivity index (χ2n) is 5.82. The van der Waals surface area contributed by atoms with E-state index in [2.05, 4.69) is 25.8 Å². The average molecular weight is 273 g/mol. The van der Waals surface area contributed by atoms with E-state index in [1.807, 2.05) is 18.2 Å². The van der Waals surface area contributed by atoms with Gasteiger partial charge in [0.25, 0.3) is 0 Å². The molecule has 2 aromatic rings. The minimum absolute atomic E-state index is 0.0621. The summed E-state index contributed by atoms with van der Waals surface area (Å²) in [5, 5.41) is 0. The van der Waals surface area contributed by atoms with Crippen LogP contribution < -0.4 is 4.74 Å². The maximum Gasteiger partial charge on any atom is 0.213 e. The molecule has 0 radical (unpaired) electrons. The molecule has 2 nitrogen and oxygen atoms in total. The van der Waals surface area contributed by atoms with E-state index in [1.165, 1.54) is 11.6 Å². The quantitative estimate of drug-likeness (QED) is 0.835. The van der Waals surface area contributed by atoms with Crippen LogP contribution in [-0.4, -0.2) is 11.6 Å². The van der Waals surface area contributed by atoms with Gasteiger partial charge in [0.15, 0.2) is 0 Å². The molecule has 0 bridgehead atoms. The molecule has 0 spiro atoms. The molecule has 0 amide bonds. The minimum atomic E-state index is -0.187. The van der Waals surface area contributed by atoms with Crippen molar-refractivity contribution >= 4 is 0 Å². The lowest BCUT2D eigenvalue weighted by Crippen LogP contribution is -2.12. The number of pyridine rings is 1. The van der Waals surface area contributed by atoms with E-state index in [0.717, 1.165) is 0 Å². The number of nitrogens with zero attached hydrogens (tertiary/aromatic N) is 1. The minimum Gasteiger partial charge on any atom is -0.477 e. The summed E-state index contributed by atoms with van der Waals surface area (Å²) in [6.45, 7) is 6.85. The molecule has 0 saturated heterocycles. The molecule has 0 aliphatic heterocycles. The highest BCUT2D eigenvalue weighted by molar-refractivity contribution is 5.26. The number of aromatic nitrogens is 1. The second-order valence-corrected chi connectivity index (χ2v) is 5.82. The van der Waals surface area contributed by atoms with Crippen LogP contribution in [0.15, 0.2) is 42.6 Å². The summed E-state index contributed by atoms with van der Waals surface area (Å²) in [6.07, 6.45) is 2.28.